The summed E-state index contributed by atoms with van der Waals surface area (Å²) < 4.78 is 35.6. The van der Waals surface area contributed by atoms with E-state index in [1.807, 2.05) is 0 Å². The maximum atomic E-state index is 12.6. The van der Waals surface area contributed by atoms with Gasteiger partial charge >= 0.3 is 11.9 Å². The average Bonchev–Trinajstić information content (AvgIpc) is 3.38. The number of hydrogen-bond donors (Lipinski definition) is 2. The molecule has 1 spiro atoms. The molecule has 7 aliphatic rings. The van der Waals surface area contributed by atoms with Crippen LogP contribution in [0.4, 0.5) is 0 Å². The van der Waals surface area contributed by atoms with E-state index >= 15 is 0 Å². The summed E-state index contributed by atoms with van der Waals surface area (Å²) >= 11 is 0. The Balaban J connectivity index is 1.09. The number of cyclic esters (lactones) is 1. The summed E-state index contributed by atoms with van der Waals surface area (Å²) in [6.45, 7) is 8.04. The first-order valence-electron chi connectivity index (χ1n) is 15.8. The van der Waals surface area contributed by atoms with Crippen LogP contribution in [-0.4, -0.2) is 90.0 Å². The van der Waals surface area contributed by atoms with Crippen LogP contribution in [0.3, 0.4) is 0 Å². The molecule has 234 valence electrons. The van der Waals surface area contributed by atoms with Gasteiger partial charge in [0.1, 0.15) is 30.0 Å². The number of ether oxygens (including phenoxy) is 6. The molecule has 6 fully saturated rings. The number of esters is 2. The molecule has 0 aromatic rings. The Kier molecular flexibility index (Phi) is 6.75. The van der Waals surface area contributed by atoms with E-state index in [1.54, 1.807) is 13.0 Å². The highest BCUT2D eigenvalue weighted by Gasteiger charge is 2.84. The number of methoxy groups -OCH3 is 1. The fourth-order valence-electron chi connectivity index (χ4n) is 10.8. The Bertz CT molecular complexity index is 1170. The van der Waals surface area contributed by atoms with E-state index in [0.717, 1.165) is 50.5 Å². The summed E-state index contributed by atoms with van der Waals surface area (Å²) in [5.41, 5.74) is -0.815. The molecule has 0 aromatic carbocycles. The number of fused-ring (bicyclic) bond motifs is 3. The third kappa shape index (κ3) is 3.84. The standard InChI is InChI=1S/C32H46O10/c1-16-25(35)26(37-5)27(40-17(2)33)28(39-16)41-20-6-9-29(3)19(13-20)14-23-32(42-23)22(29)8-10-30(4)21(7-11-31(30,32)36)18-12-24(34)38-15-18/h12,16,19-23,25-28,35-36H,6-11,13-15H2,1-5H3/t16-,19-,20-,21+,22-,23-,25-,26+,27-,28-,29-,30+,31+,32+/m0/s1. The van der Waals surface area contributed by atoms with Gasteiger partial charge in [-0.15, -0.1) is 0 Å². The Morgan fingerprint density at radius 3 is 2.57 bits per heavy atom. The summed E-state index contributed by atoms with van der Waals surface area (Å²) in [5.74, 6) is -0.0281. The first kappa shape index (κ1) is 29.2. The molecule has 0 radical (unpaired) electrons. The Morgan fingerprint density at radius 1 is 1.10 bits per heavy atom. The third-order valence-electron chi connectivity index (χ3n) is 13.0. The summed E-state index contributed by atoms with van der Waals surface area (Å²) in [4.78, 5) is 23.8. The van der Waals surface area contributed by atoms with E-state index in [4.69, 9.17) is 28.4 Å². The van der Waals surface area contributed by atoms with Crippen molar-refractivity contribution < 1.29 is 48.2 Å². The molecule has 7 rings (SSSR count). The van der Waals surface area contributed by atoms with E-state index < -0.39 is 47.9 Å². The van der Waals surface area contributed by atoms with Gasteiger partial charge in [0.05, 0.1) is 18.3 Å². The molecule has 10 nitrogen and oxygen atoms in total. The predicted octanol–water partition coefficient (Wildman–Crippen LogP) is 2.81. The van der Waals surface area contributed by atoms with E-state index in [1.165, 1.54) is 14.0 Å². The van der Waals surface area contributed by atoms with E-state index in [2.05, 4.69) is 13.8 Å². The lowest BCUT2D eigenvalue weighted by atomic mass is 9.43. The van der Waals surface area contributed by atoms with Crippen LogP contribution in [0.15, 0.2) is 11.6 Å². The molecule has 2 saturated heterocycles. The Hall–Kier alpha value is -1.56. The van der Waals surface area contributed by atoms with Crippen LogP contribution >= 0.6 is 0 Å². The molecule has 0 bridgehead atoms. The topological polar surface area (TPSA) is 133 Å². The number of rotatable bonds is 5. The van der Waals surface area contributed by atoms with Gasteiger partial charge in [0.25, 0.3) is 0 Å². The van der Waals surface area contributed by atoms with Crippen molar-refractivity contribution in [1.29, 1.82) is 0 Å². The quantitative estimate of drug-likeness (QED) is 0.280. The zero-order valence-electron chi connectivity index (χ0n) is 25.4. The SMILES string of the molecule is CO[C@@H]1[C@@H](O)[C@H](C)O[C@@H](O[C@H]2CC[C@@]3(C)[C@@H](C2)C[C@@H]2O[C@]24[C@H]3CC[C@]2(C)[C@@H](C3=CC(=O)OC3)CC[C@]42O)[C@H]1OC(C)=O. The fourth-order valence-corrected chi connectivity index (χ4v) is 10.8. The predicted molar refractivity (Wildman–Crippen MR) is 147 cm³/mol. The second-order valence-electron chi connectivity index (χ2n) is 14.6. The summed E-state index contributed by atoms with van der Waals surface area (Å²) in [6.07, 6.45) is 4.48. The molecule has 3 aliphatic heterocycles. The van der Waals surface area contributed by atoms with E-state index in [9.17, 15) is 19.8 Å². The minimum atomic E-state index is -0.941. The van der Waals surface area contributed by atoms with Crippen LogP contribution in [0.1, 0.15) is 79.1 Å². The van der Waals surface area contributed by atoms with Gasteiger partial charge in [0.2, 0.25) is 0 Å². The van der Waals surface area contributed by atoms with Gasteiger partial charge in [0.15, 0.2) is 12.4 Å². The number of carbonyl (C=O) groups excluding carboxylic acids is 2. The Labute approximate surface area is 247 Å². The zero-order valence-corrected chi connectivity index (χ0v) is 25.4. The van der Waals surface area contributed by atoms with Gasteiger partial charge < -0.3 is 38.6 Å². The first-order valence-corrected chi connectivity index (χ1v) is 15.8. The lowest BCUT2D eigenvalue weighted by molar-refractivity contribution is -0.315. The highest BCUT2D eigenvalue weighted by Crippen LogP contribution is 2.77. The van der Waals surface area contributed by atoms with Crippen LogP contribution in [0, 0.1) is 28.6 Å². The van der Waals surface area contributed by atoms with Crippen molar-refractivity contribution in [3.05, 3.63) is 11.6 Å². The minimum Gasteiger partial charge on any atom is -0.458 e. The third-order valence-corrected chi connectivity index (χ3v) is 13.0. The van der Waals surface area contributed by atoms with Crippen molar-refractivity contribution in [2.45, 2.75) is 133 Å². The van der Waals surface area contributed by atoms with Crippen molar-refractivity contribution in [1.82, 2.24) is 0 Å². The van der Waals surface area contributed by atoms with Gasteiger partial charge in [-0.05, 0) is 87.0 Å². The van der Waals surface area contributed by atoms with E-state index in [0.29, 0.717) is 18.9 Å². The average molecular weight is 591 g/mol. The molecule has 4 saturated carbocycles. The fraction of sp³-hybridized carbons (Fsp3) is 0.875. The smallest absolute Gasteiger partial charge is 0.331 e. The largest absolute Gasteiger partial charge is 0.458 e. The molecule has 14 atom stereocenters. The monoisotopic (exact) mass is 590 g/mol. The summed E-state index contributed by atoms with van der Waals surface area (Å²) in [6, 6.07) is 0. The lowest BCUT2D eigenvalue weighted by Crippen LogP contribution is -2.68. The van der Waals surface area contributed by atoms with Crippen molar-refractivity contribution in [3.8, 4) is 0 Å². The van der Waals surface area contributed by atoms with Crippen LogP contribution in [0.2, 0.25) is 0 Å². The molecule has 10 heteroatoms. The van der Waals surface area contributed by atoms with Gasteiger partial charge in [-0.1, -0.05) is 13.8 Å². The van der Waals surface area contributed by atoms with Crippen LogP contribution < -0.4 is 0 Å². The van der Waals surface area contributed by atoms with Gasteiger partial charge in [-0.2, -0.15) is 0 Å². The molecule has 0 unspecified atom stereocenters. The molecule has 0 amide bonds. The van der Waals surface area contributed by atoms with Gasteiger partial charge in [-0.25, -0.2) is 4.79 Å². The minimum absolute atomic E-state index is 0.00499. The molecule has 4 aliphatic carbocycles. The van der Waals surface area contributed by atoms with Crippen molar-refractivity contribution >= 4 is 11.9 Å². The molecule has 42 heavy (non-hydrogen) atoms. The van der Waals surface area contributed by atoms with Crippen LogP contribution in [-0.2, 0) is 38.0 Å². The molecular weight excluding hydrogens is 544 g/mol. The summed E-state index contributed by atoms with van der Waals surface area (Å²) in [5, 5.41) is 23.3. The maximum absolute atomic E-state index is 12.6. The summed E-state index contributed by atoms with van der Waals surface area (Å²) in [7, 11) is 1.49. The van der Waals surface area contributed by atoms with Gasteiger partial charge in [-0.3, -0.25) is 4.79 Å². The number of aliphatic hydroxyl groups is 2. The van der Waals surface area contributed by atoms with Crippen molar-refractivity contribution in [2.75, 3.05) is 13.7 Å². The second-order valence-corrected chi connectivity index (χ2v) is 14.6. The van der Waals surface area contributed by atoms with Crippen molar-refractivity contribution in [2.24, 2.45) is 28.6 Å². The lowest BCUT2D eigenvalue weighted by Gasteiger charge is -2.62. The van der Waals surface area contributed by atoms with Crippen molar-refractivity contribution in [3.63, 3.8) is 0 Å². The number of aliphatic hydroxyl groups excluding tert-OH is 1. The molecule has 0 aromatic heterocycles. The maximum Gasteiger partial charge on any atom is 0.331 e. The second kappa shape index (κ2) is 9.72. The first-order chi connectivity index (χ1) is 19.9. The number of carbonyl (C=O) groups is 2. The highest BCUT2D eigenvalue weighted by atomic mass is 16.7. The van der Waals surface area contributed by atoms with Gasteiger partial charge in [0, 0.05) is 25.5 Å². The molecule has 2 N–H and O–H groups in total. The Morgan fingerprint density at radius 2 is 1.88 bits per heavy atom. The number of hydrogen-bond acceptors (Lipinski definition) is 10. The van der Waals surface area contributed by atoms with E-state index in [-0.39, 0.29) is 40.8 Å². The molecule has 3 heterocycles. The zero-order chi connectivity index (χ0) is 29.8. The normalized spacial score (nSPS) is 54.5. The van der Waals surface area contributed by atoms with Crippen LogP contribution in [0.25, 0.3) is 0 Å². The number of epoxide rings is 1. The van der Waals surface area contributed by atoms with Crippen LogP contribution in [0.5, 0.6) is 0 Å². The highest BCUT2D eigenvalue weighted by molar-refractivity contribution is 5.85. The molecular formula is C32H46O10.